The summed E-state index contributed by atoms with van der Waals surface area (Å²) in [6.45, 7) is 6.32. The minimum atomic E-state index is -0.0851. The topological polar surface area (TPSA) is 64.3 Å². The lowest BCUT2D eigenvalue weighted by Gasteiger charge is -2.10. The number of hydrogen-bond donors (Lipinski definition) is 2. The van der Waals surface area contributed by atoms with Gasteiger partial charge in [0.15, 0.2) is 0 Å². The van der Waals surface area contributed by atoms with Gasteiger partial charge in [-0.15, -0.1) is 12.4 Å². The molecule has 23 heavy (non-hydrogen) atoms. The fraction of sp³-hybridized carbons (Fsp3) is 0.278. The van der Waals surface area contributed by atoms with Crippen molar-refractivity contribution in [1.82, 2.24) is 0 Å². The number of halogens is 1. The number of carbonyl (C=O) groups is 1. The van der Waals surface area contributed by atoms with Gasteiger partial charge in [0.1, 0.15) is 5.75 Å². The largest absolute Gasteiger partial charge is 0.493 e. The standard InChI is InChI=1S/C18H22N2O2.ClH/c1-12-8-13(2)10-16(9-12)22-7-6-18(21)20-17-11-15(19)5-4-14(17)3;/h4-5,8-11H,6-7,19H2,1-3H3,(H,20,21);1H. The van der Waals surface area contributed by atoms with E-state index in [0.29, 0.717) is 18.7 Å². The highest BCUT2D eigenvalue weighted by molar-refractivity contribution is 5.92. The van der Waals surface area contributed by atoms with Crippen LogP contribution in [-0.2, 0) is 4.79 Å². The van der Waals surface area contributed by atoms with Crippen LogP contribution >= 0.6 is 12.4 Å². The Morgan fingerprint density at radius 3 is 2.39 bits per heavy atom. The van der Waals surface area contributed by atoms with Crippen LogP contribution in [-0.4, -0.2) is 12.5 Å². The van der Waals surface area contributed by atoms with E-state index in [2.05, 4.69) is 11.4 Å². The number of carbonyl (C=O) groups excluding carboxylic acids is 1. The molecule has 0 fully saturated rings. The fourth-order valence-corrected chi connectivity index (χ4v) is 2.26. The highest BCUT2D eigenvalue weighted by atomic mass is 35.5. The molecule has 0 atom stereocenters. The number of amides is 1. The molecule has 0 spiro atoms. The molecule has 0 aromatic heterocycles. The molecule has 2 aromatic carbocycles. The Hall–Kier alpha value is -2.20. The monoisotopic (exact) mass is 334 g/mol. The van der Waals surface area contributed by atoms with E-state index >= 15 is 0 Å². The quantitative estimate of drug-likeness (QED) is 0.811. The summed E-state index contributed by atoms with van der Waals surface area (Å²) >= 11 is 0. The molecule has 2 aromatic rings. The summed E-state index contributed by atoms with van der Waals surface area (Å²) in [6.07, 6.45) is 0.293. The molecule has 3 N–H and O–H groups in total. The van der Waals surface area contributed by atoms with Crippen molar-refractivity contribution < 1.29 is 9.53 Å². The highest BCUT2D eigenvalue weighted by Crippen LogP contribution is 2.19. The second-order valence-corrected chi connectivity index (χ2v) is 5.54. The van der Waals surface area contributed by atoms with Gasteiger partial charge in [-0.3, -0.25) is 4.79 Å². The Kier molecular flexibility index (Phi) is 6.91. The van der Waals surface area contributed by atoms with Crippen LogP contribution in [0.4, 0.5) is 11.4 Å². The maximum atomic E-state index is 12.0. The number of hydrogen-bond acceptors (Lipinski definition) is 3. The average molecular weight is 335 g/mol. The minimum absolute atomic E-state index is 0. The Bertz CT molecular complexity index is 666. The zero-order valence-corrected chi connectivity index (χ0v) is 14.5. The first-order valence-corrected chi connectivity index (χ1v) is 7.31. The van der Waals surface area contributed by atoms with Crippen LogP contribution in [0.25, 0.3) is 0 Å². The molecular formula is C18H23ClN2O2. The number of aryl methyl sites for hydroxylation is 3. The van der Waals surface area contributed by atoms with Gasteiger partial charge in [0, 0.05) is 11.4 Å². The van der Waals surface area contributed by atoms with Crippen LogP contribution in [0, 0.1) is 20.8 Å². The van der Waals surface area contributed by atoms with Crippen LogP contribution in [0.3, 0.4) is 0 Å². The van der Waals surface area contributed by atoms with Gasteiger partial charge in [-0.25, -0.2) is 0 Å². The number of ether oxygens (including phenoxy) is 1. The van der Waals surface area contributed by atoms with Crippen LogP contribution in [0.5, 0.6) is 5.75 Å². The first-order chi connectivity index (χ1) is 10.4. The first-order valence-electron chi connectivity index (χ1n) is 7.31. The lowest BCUT2D eigenvalue weighted by Crippen LogP contribution is -2.16. The summed E-state index contributed by atoms with van der Waals surface area (Å²) < 4.78 is 5.64. The minimum Gasteiger partial charge on any atom is -0.493 e. The molecule has 4 nitrogen and oxygen atoms in total. The third kappa shape index (κ3) is 5.83. The lowest BCUT2D eigenvalue weighted by molar-refractivity contribution is -0.116. The zero-order valence-electron chi connectivity index (χ0n) is 13.7. The molecule has 0 radical (unpaired) electrons. The molecule has 124 valence electrons. The van der Waals surface area contributed by atoms with Crippen molar-refractivity contribution in [1.29, 1.82) is 0 Å². The zero-order chi connectivity index (χ0) is 16.1. The van der Waals surface area contributed by atoms with E-state index in [1.54, 1.807) is 6.07 Å². The number of nitrogen functional groups attached to an aromatic ring is 1. The third-order valence-electron chi connectivity index (χ3n) is 3.33. The maximum absolute atomic E-state index is 12.0. The summed E-state index contributed by atoms with van der Waals surface area (Å²) in [6, 6.07) is 11.5. The molecule has 0 aliphatic rings. The van der Waals surface area contributed by atoms with Gasteiger partial charge >= 0.3 is 0 Å². The van der Waals surface area contributed by atoms with E-state index in [4.69, 9.17) is 10.5 Å². The van der Waals surface area contributed by atoms with Crippen LogP contribution in [0.1, 0.15) is 23.1 Å². The van der Waals surface area contributed by atoms with Gasteiger partial charge in [0.2, 0.25) is 5.91 Å². The van der Waals surface area contributed by atoms with Crippen LogP contribution in [0.15, 0.2) is 36.4 Å². The van der Waals surface area contributed by atoms with Crippen molar-refractivity contribution in [3.63, 3.8) is 0 Å². The highest BCUT2D eigenvalue weighted by Gasteiger charge is 2.06. The second-order valence-electron chi connectivity index (χ2n) is 5.54. The fourth-order valence-electron chi connectivity index (χ4n) is 2.26. The van der Waals surface area contributed by atoms with Gasteiger partial charge in [0.05, 0.1) is 13.0 Å². The predicted octanol–water partition coefficient (Wildman–Crippen LogP) is 4.02. The summed E-state index contributed by atoms with van der Waals surface area (Å²) in [7, 11) is 0. The molecule has 0 unspecified atom stereocenters. The number of nitrogens with one attached hydrogen (secondary N) is 1. The van der Waals surface area contributed by atoms with Gasteiger partial charge in [-0.05, 0) is 61.7 Å². The van der Waals surface area contributed by atoms with Crippen LogP contribution < -0.4 is 15.8 Å². The predicted molar refractivity (Wildman–Crippen MR) is 97.5 cm³/mol. The summed E-state index contributed by atoms with van der Waals surface area (Å²) in [5.74, 6) is 0.712. The van der Waals surface area contributed by atoms with Crippen molar-refractivity contribution in [3.05, 3.63) is 53.1 Å². The molecule has 0 aliphatic carbocycles. The Morgan fingerprint density at radius 2 is 1.74 bits per heavy atom. The number of anilines is 2. The maximum Gasteiger partial charge on any atom is 0.227 e. The summed E-state index contributed by atoms with van der Waals surface area (Å²) in [5.41, 5.74) is 10.4. The SMILES string of the molecule is Cc1cc(C)cc(OCCC(=O)Nc2cc(N)ccc2C)c1.Cl. The normalized spacial score (nSPS) is 9.87. The number of nitrogens with two attached hydrogens (primary N) is 1. The Morgan fingerprint density at radius 1 is 1.09 bits per heavy atom. The van der Waals surface area contributed by atoms with E-state index in [-0.39, 0.29) is 18.3 Å². The van der Waals surface area contributed by atoms with E-state index in [9.17, 15) is 4.79 Å². The first kappa shape index (κ1) is 18.8. The molecule has 0 aliphatic heterocycles. The van der Waals surface area contributed by atoms with Crippen LogP contribution in [0.2, 0.25) is 0 Å². The lowest BCUT2D eigenvalue weighted by atomic mass is 10.1. The Labute approximate surface area is 143 Å². The van der Waals surface area contributed by atoms with Crippen molar-refractivity contribution in [2.45, 2.75) is 27.2 Å². The third-order valence-corrected chi connectivity index (χ3v) is 3.33. The van der Waals surface area contributed by atoms with Crippen molar-refractivity contribution >= 4 is 29.7 Å². The smallest absolute Gasteiger partial charge is 0.227 e. The molecule has 0 bridgehead atoms. The van der Waals surface area contributed by atoms with Gasteiger partial charge in [0.25, 0.3) is 0 Å². The van der Waals surface area contributed by atoms with Crippen molar-refractivity contribution in [2.75, 3.05) is 17.7 Å². The molecule has 0 saturated carbocycles. The molecule has 1 amide bonds. The average Bonchev–Trinajstić information content (AvgIpc) is 2.42. The van der Waals surface area contributed by atoms with Gasteiger partial charge < -0.3 is 15.8 Å². The van der Waals surface area contributed by atoms with E-state index in [1.165, 1.54) is 0 Å². The molecule has 0 heterocycles. The molecule has 0 saturated heterocycles. The van der Waals surface area contributed by atoms with Gasteiger partial charge in [-0.1, -0.05) is 12.1 Å². The summed E-state index contributed by atoms with van der Waals surface area (Å²) in [5, 5.41) is 2.86. The molecule has 2 rings (SSSR count). The van der Waals surface area contributed by atoms with Gasteiger partial charge in [-0.2, -0.15) is 0 Å². The van der Waals surface area contributed by atoms with E-state index in [0.717, 1.165) is 28.1 Å². The Balaban J connectivity index is 0.00000264. The van der Waals surface area contributed by atoms with Crippen molar-refractivity contribution in [2.24, 2.45) is 0 Å². The van der Waals surface area contributed by atoms with Crippen molar-refractivity contribution in [3.8, 4) is 5.75 Å². The molecule has 5 heteroatoms. The molecular weight excluding hydrogens is 312 g/mol. The second kappa shape index (κ2) is 8.44. The number of benzene rings is 2. The van der Waals surface area contributed by atoms with E-state index in [1.807, 2.05) is 45.0 Å². The van der Waals surface area contributed by atoms with E-state index < -0.39 is 0 Å². The summed E-state index contributed by atoms with van der Waals surface area (Å²) in [4.78, 5) is 12.0. The number of rotatable bonds is 5.